The van der Waals surface area contributed by atoms with Gasteiger partial charge in [-0.05, 0) is 13.0 Å². The van der Waals surface area contributed by atoms with Crippen LogP contribution in [0.25, 0.3) is 0 Å². The number of halogens is 2. The van der Waals surface area contributed by atoms with Crippen molar-refractivity contribution in [1.82, 2.24) is 0 Å². The fourth-order valence-electron chi connectivity index (χ4n) is 0.472. The van der Waals surface area contributed by atoms with Gasteiger partial charge in [0.25, 0.3) is 0 Å². The summed E-state index contributed by atoms with van der Waals surface area (Å²) in [6.45, 7) is 1.53. The maximum absolute atomic E-state index is 9.92. The van der Waals surface area contributed by atoms with Gasteiger partial charge in [-0.3, -0.25) is 0 Å². The molecule has 1 atom stereocenters. The lowest BCUT2D eigenvalue weighted by Crippen LogP contribution is -1.98. The fraction of sp³-hybridized carbons (Fsp3) is 0.375. The molecule has 0 fully saturated rings. The lowest BCUT2D eigenvalue weighted by atomic mass is 10.3. The first-order valence-corrected chi connectivity index (χ1v) is 4.18. The highest BCUT2D eigenvalue weighted by atomic mass is 35.5. The van der Waals surface area contributed by atoms with E-state index in [4.69, 9.17) is 28.3 Å². The number of aldehydes is 1. The molecule has 0 rings (SSSR count). The van der Waals surface area contributed by atoms with Crippen LogP contribution in [0.1, 0.15) is 13.3 Å². The minimum Gasteiger partial charge on any atom is -0.388 e. The minimum atomic E-state index is -0.731. The van der Waals surface area contributed by atoms with E-state index in [0.29, 0.717) is 5.03 Å². The van der Waals surface area contributed by atoms with Crippen LogP contribution >= 0.6 is 23.2 Å². The van der Waals surface area contributed by atoms with E-state index < -0.39 is 6.10 Å². The zero-order chi connectivity index (χ0) is 9.56. The van der Waals surface area contributed by atoms with Crippen LogP contribution in [0.2, 0.25) is 0 Å². The molecule has 4 heteroatoms. The monoisotopic (exact) mass is 208 g/mol. The first kappa shape index (κ1) is 11.7. The maximum Gasteiger partial charge on any atom is 0.123 e. The second-order valence-electron chi connectivity index (χ2n) is 2.20. The Balaban J connectivity index is 4.21. The van der Waals surface area contributed by atoms with Crippen LogP contribution in [-0.4, -0.2) is 17.5 Å². The Kier molecular flexibility index (Phi) is 6.07. The van der Waals surface area contributed by atoms with E-state index in [-0.39, 0.29) is 11.5 Å². The van der Waals surface area contributed by atoms with Gasteiger partial charge in [-0.1, -0.05) is 29.3 Å². The van der Waals surface area contributed by atoms with Crippen molar-refractivity contribution in [2.24, 2.45) is 0 Å². The van der Waals surface area contributed by atoms with Gasteiger partial charge in [0.15, 0.2) is 0 Å². The van der Waals surface area contributed by atoms with Crippen LogP contribution in [0.4, 0.5) is 0 Å². The fourth-order valence-corrected chi connectivity index (χ4v) is 0.852. The number of rotatable bonds is 4. The van der Waals surface area contributed by atoms with E-state index >= 15 is 0 Å². The van der Waals surface area contributed by atoms with Gasteiger partial charge >= 0.3 is 0 Å². The largest absolute Gasteiger partial charge is 0.388 e. The summed E-state index contributed by atoms with van der Waals surface area (Å²) in [7, 11) is 0. The highest BCUT2D eigenvalue weighted by Gasteiger charge is 2.00. The second kappa shape index (κ2) is 6.23. The molecule has 0 aliphatic heterocycles. The zero-order valence-corrected chi connectivity index (χ0v) is 8.14. The Morgan fingerprint density at radius 1 is 1.58 bits per heavy atom. The molecule has 0 saturated carbocycles. The van der Waals surface area contributed by atoms with E-state index in [1.165, 1.54) is 19.1 Å². The third-order valence-electron chi connectivity index (χ3n) is 1.08. The van der Waals surface area contributed by atoms with E-state index in [0.717, 1.165) is 6.29 Å². The quantitative estimate of drug-likeness (QED) is 0.569. The molecule has 2 nitrogen and oxygen atoms in total. The van der Waals surface area contributed by atoms with Crippen molar-refractivity contribution < 1.29 is 9.90 Å². The predicted molar refractivity (Wildman–Crippen MR) is 50.2 cm³/mol. The van der Waals surface area contributed by atoms with Crippen molar-refractivity contribution in [1.29, 1.82) is 0 Å². The smallest absolute Gasteiger partial charge is 0.123 e. The van der Waals surface area contributed by atoms with Gasteiger partial charge in [0.2, 0.25) is 0 Å². The van der Waals surface area contributed by atoms with Gasteiger partial charge in [-0.25, -0.2) is 0 Å². The molecule has 0 aromatic carbocycles. The number of aliphatic hydroxyl groups is 1. The van der Waals surface area contributed by atoms with Crippen LogP contribution in [0, 0.1) is 0 Å². The van der Waals surface area contributed by atoms with Crippen LogP contribution in [0.15, 0.2) is 22.2 Å². The molecule has 0 aliphatic rings. The van der Waals surface area contributed by atoms with E-state index in [2.05, 4.69) is 0 Å². The average Bonchev–Trinajstić information content (AvgIpc) is 2.00. The number of carbonyl (C=O) groups excluding carboxylic acids is 1. The van der Waals surface area contributed by atoms with Crippen molar-refractivity contribution in [2.45, 2.75) is 19.4 Å². The van der Waals surface area contributed by atoms with Crippen molar-refractivity contribution in [3.8, 4) is 0 Å². The molecular formula is C8H10Cl2O2. The third kappa shape index (κ3) is 5.35. The van der Waals surface area contributed by atoms with Crippen LogP contribution < -0.4 is 0 Å². The minimum absolute atomic E-state index is 0.249. The Morgan fingerprint density at radius 2 is 2.17 bits per heavy atom. The molecule has 0 radical (unpaired) electrons. The molecule has 0 aromatic heterocycles. The van der Waals surface area contributed by atoms with Gasteiger partial charge in [-0.2, -0.15) is 0 Å². The summed E-state index contributed by atoms with van der Waals surface area (Å²) >= 11 is 11.2. The zero-order valence-electron chi connectivity index (χ0n) is 6.63. The van der Waals surface area contributed by atoms with Gasteiger partial charge < -0.3 is 9.90 Å². The van der Waals surface area contributed by atoms with Gasteiger partial charge in [0.1, 0.15) is 6.29 Å². The van der Waals surface area contributed by atoms with Crippen LogP contribution in [-0.2, 0) is 4.79 Å². The molecule has 0 bridgehead atoms. The third-order valence-corrected chi connectivity index (χ3v) is 1.77. The molecule has 0 amide bonds. The Labute approximate surface area is 81.5 Å². The van der Waals surface area contributed by atoms with Gasteiger partial charge in [0, 0.05) is 16.5 Å². The summed E-state index contributed by atoms with van der Waals surface area (Å²) in [5.74, 6) is 0. The molecule has 0 aromatic rings. The standard InChI is InChI=1S/C8H10Cl2O2/c1-6(12)8(10)5-7(9)3-2-4-11/h3-6,12H,2H2,1H3/b7-3+,8-5+. The number of aliphatic hydroxyl groups excluding tert-OH is 1. The number of hydrogen-bond acceptors (Lipinski definition) is 2. The molecule has 0 saturated heterocycles. The first-order chi connectivity index (χ1) is 5.57. The number of hydrogen-bond donors (Lipinski definition) is 1. The molecular weight excluding hydrogens is 199 g/mol. The van der Waals surface area contributed by atoms with Gasteiger partial charge in [0.05, 0.1) is 6.10 Å². The summed E-state index contributed by atoms with van der Waals surface area (Å²) in [6, 6.07) is 0. The van der Waals surface area contributed by atoms with Crippen molar-refractivity contribution in [3.63, 3.8) is 0 Å². The summed E-state index contributed by atoms with van der Waals surface area (Å²) < 4.78 is 0. The average molecular weight is 209 g/mol. The summed E-state index contributed by atoms with van der Waals surface area (Å²) in [6.07, 6.45) is 3.17. The molecule has 1 unspecified atom stereocenters. The van der Waals surface area contributed by atoms with E-state index in [9.17, 15) is 4.79 Å². The Bertz CT molecular complexity index is 207. The molecule has 12 heavy (non-hydrogen) atoms. The van der Waals surface area contributed by atoms with Crippen LogP contribution in [0.3, 0.4) is 0 Å². The van der Waals surface area contributed by atoms with E-state index in [1.807, 2.05) is 0 Å². The van der Waals surface area contributed by atoms with Crippen molar-refractivity contribution in [2.75, 3.05) is 0 Å². The lowest BCUT2D eigenvalue weighted by molar-refractivity contribution is -0.107. The molecule has 0 aliphatic carbocycles. The topological polar surface area (TPSA) is 37.3 Å². The summed E-state index contributed by atoms with van der Waals surface area (Å²) in [4.78, 5) is 9.92. The SMILES string of the molecule is CC(O)/C(Cl)=C\C(Cl)=C/CC=O. The number of allylic oxidation sites excluding steroid dienone is 3. The van der Waals surface area contributed by atoms with Gasteiger partial charge in [-0.15, -0.1) is 0 Å². The molecule has 0 spiro atoms. The molecule has 68 valence electrons. The predicted octanol–water partition coefficient (Wildman–Crippen LogP) is 2.20. The highest BCUT2D eigenvalue weighted by Crippen LogP contribution is 2.14. The number of carbonyl (C=O) groups is 1. The first-order valence-electron chi connectivity index (χ1n) is 3.42. The molecule has 1 N–H and O–H groups in total. The van der Waals surface area contributed by atoms with Crippen LogP contribution in [0.5, 0.6) is 0 Å². The second-order valence-corrected chi connectivity index (χ2v) is 3.07. The normalized spacial score (nSPS) is 16.0. The highest BCUT2D eigenvalue weighted by molar-refractivity contribution is 6.34. The lowest BCUT2D eigenvalue weighted by Gasteiger charge is -1.99. The summed E-state index contributed by atoms with van der Waals surface area (Å²) in [5, 5.41) is 9.55. The summed E-state index contributed by atoms with van der Waals surface area (Å²) in [5.41, 5.74) is 0. The van der Waals surface area contributed by atoms with Crippen molar-refractivity contribution in [3.05, 3.63) is 22.2 Å². The van der Waals surface area contributed by atoms with Crippen molar-refractivity contribution >= 4 is 29.5 Å². The Hall–Kier alpha value is -0.310. The maximum atomic E-state index is 9.92. The Morgan fingerprint density at radius 3 is 2.58 bits per heavy atom. The molecule has 0 heterocycles. The van der Waals surface area contributed by atoms with E-state index in [1.54, 1.807) is 0 Å².